The van der Waals surface area contributed by atoms with Gasteiger partial charge in [0.2, 0.25) is 0 Å². The van der Waals surface area contributed by atoms with Gasteiger partial charge in [-0.05, 0) is 17.9 Å². The van der Waals surface area contributed by atoms with E-state index in [1.165, 1.54) is 11.3 Å². The Hall–Kier alpha value is -1.34. The molecule has 2 aromatic heterocycles. The van der Waals surface area contributed by atoms with Crippen LogP contribution in [-0.4, -0.2) is 26.4 Å². The summed E-state index contributed by atoms with van der Waals surface area (Å²) in [6, 6.07) is 1.78. The van der Waals surface area contributed by atoms with Crippen LogP contribution in [0.3, 0.4) is 0 Å². The summed E-state index contributed by atoms with van der Waals surface area (Å²) in [5.74, 6) is -1.01. The summed E-state index contributed by atoms with van der Waals surface area (Å²) in [5.41, 5.74) is 0.565. The van der Waals surface area contributed by atoms with Crippen LogP contribution in [0.1, 0.15) is 13.3 Å². The van der Waals surface area contributed by atoms with E-state index in [1.54, 1.807) is 10.6 Å². The van der Waals surface area contributed by atoms with Crippen molar-refractivity contribution in [2.24, 2.45) is 0 Å². The number of carbonyl (C=O) groups is 1. The van der Waals surface area contributed by atoms with Gasteiger partial charge in [-0.2, -0.15) is 0 Å². The zero-order valence-electron chi connectivity index (χ0n) is 9.75. The molecular formula is C11H12N2O3S2. The molecule has 0 bridgehead atoms. The number of hydrogen-bond donors (Lipinski definition) is 1. The van der Waals surface area contributed by atoms with Crippen molar-refractivity contribution in [1.82, 2.24) is 9.55 Å². The third kappa shape index (κ3) is 2.56. The Morgan fingerprint density at radius 2 is 2.39 bits per heavy atom. The van der Waals surface area contributed by atoms with Crippen LogP contribution >= 0.6 is 23.1 Å². The maximum absolute atomic E-state index is 12.2. The lowest BCUT2D eigenvalue weighted by Crippen LogP contribution is -2.22. The molecule has 5 nitrogen and oxygen atoms in total. The van der Waals surface area contributed by atoms with E-state index in [1.807, 2.05) is 12.3 Å². The zero-order valence-corrected chi connectivity index (χ0v) is 11.4. The summed E-state index contributed by atoms with van der Waals surface area (Å²) in [5, 5.41) is 11.0. The maximum Gasteiger partial charge on any atom is 0.313 e. The second-order valence-corrected chi connectivity index (χ2v) is 5.53. The molecule has 96 valence electrons. The number of aliphatic carboxylic acids is 1. The predicted octanol–water partition coefficient (Wildman–Crippen LogP) is 2.04. The molecule has 0 amide bonds. The van der Waals surface area contributed by atoms with Crippen molar-refractivity contribution in [3.8, 4) is 0 Å². The number of hydrogen-bond acceptors (Lipinski definition) is 5. The molecular weight excluding hydrogens is 272 g/mol. The molecule has 0 aliphatic carbocycles. The lowest BCUT2D eigenvalue weighted by molar-refractivity contribution is -0.133. The average Bonchev–Trinajstić information content (AvgIpc) is 2.79. The summed E-state index contributed by atoms with van der Waals surface area (Å²) in [6.45, 7) is 2.53. The fraction of sp³-hybridized carbons (Fsp3) is 0.364. The van der Waals surface area contributed by atoms with Gasteiger partial charge < -0.3 is 5.11 Å². The van der Waals surface area contributed by atoms with Crippen LogP contribution in [0.2, 0.25) is 0 Å². The van der Waals surface area contributed by atoms with E-state index in [0.717, 1.165) is 18.2 Å². The number of carboxylic acids is 1. The molecule has 0 aromatic carbocycles. The molecule has 0 aliphatic rings. The van der Waals surface area contributed by atoms with E-state index >= 15 is 0 Å². The van der Waals surface area contributed by atoms with E-state index in [-0.39, 0.29) is 11.3 Å². The average molecular weight is 284 g/mol. The normalized spacial score (nSPS) is 10.9. The quantitative estimate of drug-likeness (QED) is 0.672. The van der Waals surface area contributed by atoms with Crippen LogP contribution in [0.25, 0.3) is 10.2 Å². The molecule has 0 fully saturated rings. The van der Waals surface area contributed by atoms with Crippen molar-refractivity contribution in [3.63, 3.8) is 0 Å². The van der Waals surface area contributed by atoms with Crippen molar-refractivity contribution in [3.05, 3.63) is 21.8 Å². The molecule has 0 aliphatic heterocycles. The summed E-state index contributed by atoms with van der Waals surface area (Å²) in [7, 11) is 0. The van der Waals surface area contributed by atoms with Crippen molar-refractivity contribution in [1.29, 1.82) is 0 Å². The Balaban J connectivity index is 2.50. The molecule has 0 unspecified atom stereocenters. The molecule has 0 atom stereocenters. The number of carboxylic acid groups (broad SMARTS) is 1. The van der Waals surface area contributed by atoms with Gasteiger partial charge in [-0.25, -0.2) is 4.98 Å². The highest BCUT2D eigenvalue weighted by Crippen LogP contribution is 2.20. The first-order valence-corrected chi connectivity index (χ1v) is 7.32. The number of nitrogens with zero attached hydrogens (tertiary/aromatic N) is 2. The van der Waals surface area contributed by atoms with Crippen LogP contribution in [0, 0.1) is 0 Å². The highest BCUT2D eigenvalue weighted by Gasteiger charge is 2.13. The van der Waals surface area contributed by atoms with Crippen molar-refractivity contribution < 1.29 is 9.90 Å². The fourth-order valence-electron chi connectivity index (χ4n) is 1.58. The number of thioether (sulfide) groups is 1. The Morgan fingerprint density at radius 1 is 1.61 bits per heavy atom. The molecule has 0 saturated carbocycles. The first-order valence-electron chi connectivity index (χ1n) is 5.46. The van der Waals surface area contributed by atoms with Gasteiger partial charge in [0, 0.05) is 6.54 Å². The summed E-state index contributed by atoms with van der Waals surface area (Å²) in [6.07, 6.45) is 0.805. The van der Waals surface area contributed by atoms with Crippen LogP contribution in [-0.2, 0) is 11.3 Å². The van der Waals surface area contributed by atoms with Gasteiger partial charge in [-0.15, -0.1) is 11.3 Å². The van der Waals surface area contributed by atoms with Gasteiger partial charge in [0.1, 0.15) is 4.70 Å². The molecule has 7 heteroatoms. The van der Waals surface area contributed by atoms with Gasteiger partial charge in [-0.1, -0.05) is 18.7 Å². The highest BCUT2D eigenvalue weighted by atomic mass is 32.2. The Morgan fingerprint density at radius 3 is 3.06 bits per heavy atom. The second kappa shape index (κ2) is 5.53. The summed E-state index contributed by atoms with van der Waals surface area (Å²) in [4.78, 5) is 27.2. The fourth-order valence-corrected chi connectivity index (χ4v) is 3.10. The topological polar surface area (TPSA) is 72.2 Å². The highest BCUT2D eigenvalue weighted by molar-refractivity contribution is 7.99. The van der Waals surface area contributed by atoms with Gasteiger partial charge in [0.15, 0.2) is 5.16 Å². The number of fused-ring (bicyclic) bond motifs is 1. The predicted molar refractivity (Wildman–Crippen MR) is 72.5 cm³/mol. The van der Waals surface area contributed by atoms with E-state index < -0.39 is 5.97 Å². The summed E-state index contributed by atoms with van der Waals surface area (Å²) < 4.78 is 2.19. The lowest BCUT2D eigenvalue weighted by Gasteiger charge is -2.09. The van der Waals surface area contributed by atoms with E-state index in [9.17, 15) is 9.59 Å². The van der Waals surface area contributed by atoms with Crippen LogP contribution < -0.4 is 5.56 Å². The van der Waals surface area contributed by atoms with Crippen LogP contribution in [0.4, 0.5) is 0 Å². The molecule has 18 heavy (non-hydrogen) atoms. The molecule has 0 radical (unpaired) electrons. The molecule has 2 rings (SSSR count). The van der Waals surface area contributed by atoms with Crippen molar-refractivity contribution >= 4 is 39.3 Å². The standard InChI is InChI=1S/C11H12N2O3S2/c1-2-4-13-10(16)9-7(3-5-17-9)12-11(13)18-6-8(14)15/h3,5H,2,4,6H2,1H3,(H,14,15). The zero-order chi connectivity index (χ0) is 13.1. The Kier molecular flexibility index (Phi) is 4.03. The third-order valence-corrected chi connectivity index (χ3v) is 4.16. The SMILES string of the molecule is CCCn1c(SCC(=O)O)nc2ccsc2c1=O. The largest absolute Gasteiger partial charge is 0.481 e. The van der Waals surface area contributed by atoms with E-state index in [2.05, 4.69) is 4.98 Å². The van der Waals surface area contributed by atoms with Gasteiger partial charge in [0.25, 0.3) is 5.56 Å². The van der Waals surface area contributed by atoms with Crippen LogP contribution in [0.5, 0.6) is 0 Å². The molecule has 0 saturated heterocycles. The second-order valence-electron chi connectivity index (χ2n) is 3.67. The molecule has 0 spiro atoms. The molecule has 2 aromatic rings. The number of aromatic nitrogens is 2. The minimum Gasteiger partial charge on any atom is -0.481 e. The van der Waals surface area contributed by atoms with Gasteiger partial charge in [-0.3, -0.25) is 14.2 Å². The van der Waals surface area contributed by atoms with Crippen LogP contribution in [0.15, 0.2) is 21.4 Å². The number of rotatable bonds is 5. The van der Waals surface area contributed by atoms with E-state index in [0.29, 0.717) is 21.9 Å². The first kappa shape index (κ1) is 13.1. The van der Waals surface area contributed by atoms with Gasteiger partial charge >= 0.3 is 5.97 Å². The Bertz CT molecular complexity index is 633. The van der Waals surface area contributed by atoms with E-state index in [4.69, 9.17) is 5.11 Å². The molecule has 1 N–H and O–H groups in total. The molecule has 2 heterocycles. The monoisotopic (exact) mass is 284 g/mol. The number of thiophene rings is 1. The Labute approximate surface area is 111 Å². The maximum atomic E-state index is 12.2. The summed E-state index contributed by atoms with van der Waals surface area (Å²) >= 11 is 2.45. The first-order chi connectivity index (χ1) is 8.63. The van der Waals surface area contributed by atoms with Crippen molar-refractivity contribution in [2.75, 3.05) is 5.75 Å². The van der Waals surface area contributed by atoms with Crippen molar-refractivity contribution in [2.45, 2.75) is 25.0 Å². The minimum absolute atomic E-state index is 0.0789. The smallest absolute Gasteiger partial charge is 0.313 e. The third-order valence-electron chi connectivity index (χ3n) is 2.30. The lowest BCUT2D eigenvalue weighted by atomic mass is 10.4. The van der Waals surface area contributed by atoms with Gasteiger partial charge in [0.05, 0.1) is 11.3 Å². The minimum atomic E-state index is -0.914.